The fraction of sp³-hybridized carbons (Fsp3) is 0.333. The van der Waals surface area contributed by atoms with Gasteiger partial charge in [-0.1, -0.05) is 56.3 Å². The molecule has 1 fully saturated rings. The lowest BCUT2D eigenvalue weighted by atomic mass is 9.91. The quantitative estimate of drug-likeness (QED) is 0.766. The van der Waals surface area contributed by atoms with E-state index in [4.69, 9.17) is 0 Å². The number of nitrogens with zero attached hydrogens (tertiary/aromatic N) is 2. The van der Waals surface area contributed by atoms with Crippen LogP contribution in [0.1, 0.15) is 36.6 Å². The first-order chi connectivity index (χ1) is 14.8. The Labute approximate surface area is 179 Å². The van der Waals surface area contributed by atoms with Gasteiger partial charge in [0, 0.05) is 24.4 Å². The summed E-state index contributed by atoms with van der Waals surface area (Å²) in [4.78, 5) is 19.6. The number of amides is 1. The Balaban J connectivity index is 1.90. The van der Waals surface area contributed by atoms with Crippen LogP contribution in [0.3, 0.4) is 0 Å². The van der Waals surface area contributed by atoms with Crippen LogP contribution in [-0.2, 0) is 17.5 Å². The second-order valence-electron chi connectivity index (χ2n) is 8.08. The molecule has 2 aromatic carbocycles. The molecule has 2 heterocycles. The van der Waals surface area contributed by atoms with Gasteiger partial charge in [-0.2, -0.15) is 13.2 Å². The van der Waals surface area contributed by atoms with Crippen molar-refractivity contribution < 1.29 is 18.0 Å². The van der Waals surface area contributed by atoms with E-state index in [1.807, 2.05) is 44.2 Å². The molecule has 31 heavy (non-hydrogen) atoms. The summed E-state index contributed by atoms with van der Waals surface area (Å²) in [7, 11) is 0. The first-order valence-corrected chi connectivity index (χ1v) is 10.3. The average Bonchev–Trinajstić information content (AvgIpc) is 2.88. The molecule has 2 aromatic rings. The Kier molecular flexibility index (Phi) is 5.60. The van der Waals surface area contributed by atoms with Crippen LogP contribution in [0.15, 0.2) is 70.9 Å². The van der Waals surface area contributed by atoms with Crippen molar-refractivity contribution in [1.82, 2.24) is 10.2 Å². The van der Waals surface area contributed by atoms with Crippen LogP contribution in [0.2, 0.25) is 0 Å². The SMILES string of the molecule is CC(C)C1=C2C(=NCCN1)C(=O)N(Cc1ccccc1)C2c1cccc(C(F)(F)F)c1. The third-order valence-corrected chi connectivity index (χ3v) is 5.59. The highest BCUT2D eigenvalue weighted by Gasteiger charge is 2.45. The minimum atomic E-state index is -4.46. The molecule has 0 spiro atoms. The minimum Gasteiger partial charge on any atom is -0.386 e. The number of benzene rings is 2. The highest BCUT2D eigenvalue weighted by atomic mass is 19.4. The lowest BCUT2D eigenvalue weighted by Gasteiger charge is -2.28. The maximum absolute atomic E-state index is 13.4. The molecule has 1 N–H and O–H groups in total. The van der Waals surface area contributed by atoms with Crippen molar-refractivity contribution in [2.75, 3.05) is 13.1 Å². The first kappa shape index (κ1) is 21.2. The van der Waals surface area contributed by atoms with Crippen LogP contribution in [0, 0.1) is 5.92 Å². The van der Waals surface area contributed by atoms with Gasteiger partial charge in [-0.25, -0.2) is 0 Å². The number of rotatable bonds is 4. The number of halogens is 3. The van der Waals surface area contributed by atoms with Gasteiger partial charge in [-0.3, -0.25) is 9.79 Å². The molecule has 162 valence electrons. The molecule has 0 radical (unpaired) electrons. The van der Waals surface area contributed by atoms with Gasteiger partial charge in [0.05, 0.1) is 18.2 Å². The number of fused-ring (bicyclic) bond motifs is 1. The molecule has 0 saturated carbocycles. The van der Waals surface area contributed by atoms with Gasteiger partial charge < -0.3 is 10.2 Å². The fourth-order valence-electron chi connectivity index (χ4n) is 4.23. The van der Waals surface area contributed by atoms with Crippen LogP contribution in [0.5, 0.6) is 0 Å². The molecule has 4 nitrogen and oxygen atoms in total. The molecular formula is C24H24F3N3O. The first-order valence-electron chi connectivity index (χ1n) is 10.3. The molecule has 1 unspecified atom stereocenters. The van der Waals surface area contributed by atoms with Crippen LogP contribution >= 0.6 is 0 Å². The van der Waals surface area contributed by atoms with Gasteiger partial charge in [0.15, 0.2) is 0 Å². The predicted molar refractivity (Wildman–Crippen MR) is 113 cm³/mol. The molecule has 2 aliphatic rings. The van der Waals surface area contributed by atoms with Crippen molar-refractivity contribution in [3.63, 3.8) is 0 Å². The van der Waals surface area contributed by atoms with E-state index in [-0.39, 0.29) is 18.4 Å². The molecule has 0 bridgehead atoms. The summed E-state index contributed by atoms with van der Waals surface area (Å²) in [6.45, 7) is 5.32. The molecule has 0 aromatic heterocycles. The van der Waals surface area contributed by atoms with E-state index < -0.39 is 17.8 Å². The Bertz CT molecular complexity index is 1040. The number of alkyl halides is 3. The van der Waals surface area contributed by atoms with Gasteiger partial charge >= 0.3 is 6.18 Å². The summed E-state index contributed by atoms with van der Waals surface area (Å²) in [5, 5.41) is 3.37. The zero-order valence-electron chi connectivity index (χ0n) is 17.4. The molecule has 1 saturated heterocycles. The maximum Gasteiger partial charge on any atom is 0.416 e. The second kappa shape index (κ2) is 8.21. The number of allylic oxidation sites excluding steroid dienone is 1. The van der Waals surface area contributed by atoms with Gasteiger partial charge in [-0.05, 0) is 29.2 Å². The fourth-order valence-corrected chi connectivity index (χ4v) is 4.23. The number of carbonyl (C=O) groups excluding carboxylic acids is 1. The van der Waals surface area contributed by atoms with E-state index in [0.717, 1.165) is 23.4 Å². The van der Waals surface area contributed by atoms with E-state index in [0.29, 0.717) is 29.9 Å². The minimum absolute atomic E-state index is 0.0658. The highest BCUT2D eigenvalue weighted by molar-refractivity contribution is 6.48. The zero-order valence-corrected chi connectivity index (χ0v) is 17.4. The van der Waals surface area contributed by atoms with Gasteiger partial charge in [0.2, 0.25) is 0 Å². The summed E-state index contributed by atoms with van der Waals surface area (Å²) < 4.78 is 40.3. The van der Waals surface area contributed by atoms with Crippen LogP contribution in [0.25, 0.3) is 0 Å². The summed E-state index contributed by atoms with van der Waals surface area (Å²) in [6.07, 6.45) is -4.46. The Morgan fingerprint density at radius 2 is 1.87 bits per heavy atom. The standard InChI is InChI=1S/C24H24F3N3O/c1-15(2)20-19-21(29-12-11-28-20)23(31)30(14-16-7-4-3-5-8-16)22(19)17-9-6-10-18(13-17)24(25,26)27/h3-10,13,15,22,28H,11-12,14H2,1-2H3. The average molecular weight is 427 g/mol. The lowest BCUT2D eigenvalue weighted by Crippen LogP contribution is -2.30. The number of hydrogen-bond donors (Lipinski definition) is 1. The third kappa shape index (κ3) is 4.09. The number of carbonyl (C=O) groups is 1. The molecule has 0 aliphatic carbocycles. The second-order valence-corrected chi connectivity index (χ2v) is 8.08. The molecule has 1 atom stereocenters. The van der Waals surface area contributed by atoms with E-state index in [1.54, 1.807) is 11.0 Å². The van der Waals surface area contributed by atoms with Gasteiger partial charge in [-0.15, -0.1) is 0 Å². The van der Waals surface area contributed by atoms with Crippen molar-refractivity contribution in [1.29, 1.82) is 0 Å². The normalized spacial score (nSPS) is 19.3. The van der Waals surface area contributed by atoms with Crippen molar-refractivity contribution in [3.8, 4) is 0 Å². The van der Waals surface area contributed by atoms with Crippen molar-refractivity contribution in [2.45, 2.75) is 32.6 Å². The van der Waals surface area contributed by atoms with Crippen molar-refractivity contribution in [2.24, 2.45) is 10.9 Å². The Morgan fingerprint density at radius 3 is 2.55 bits per heavy atom. The molecule has 1 amide bonds. The Hall–Kier alpha value is -3.09. The predicted octanol–water partition coefficient (Wildman–Crippen LogP) is 4.74. The van der Waals surface area contributed by atoms with Crippen molar-refractivity contribution >= 4 is 11.6 Å². The number of aliphatic imine (C=N–C) groups is 1. The Morgan fingerprint density at radius 1 is 1.13 bits per heavy atom. The van der Waals surface area contributed by atoms with Crippen LogP contribution < -0.4 is 5.32 Å². The van der Waals surface area contributed by atoms with E-state index in [1.165, 1.54) is 6.07 Å². The monoisotopic (exact) mass is 427 g/mol. The maximum atomic E-state index is 13.4. The van der Waals surface area contributed by atoms with Crippen molar-refractivity contribution in [3.05, 3.63) is 82.6 Å². The highest BCUT2D eigenvalue weighted by Crippen LogP contribution is 2.42. The number of likely N-dealkylation sites (tertiary alicyclic amines) is 1. The topological polar surface area (TPSA) is 44.7 Å². The summed E-state index contributed by atoms with van der Waals surface area (Å²) in [6, 6.07) is 14.1. The van der Waals surface area contributed by atoms with E-state index >= 15 is 0 Å². The summed E-state index contributed by atoms with van der Waals surface area (Å²) >= 11 is 0. The number of hydrogen-bond acceptors (Lipinski definition) is 3. The third-order valence-electron chi connectivity index (χ3n) is 5.59. The zero-order chi connectivity index (χ0) is 22.2. The van der Waals surface area contributed by atoms with E-state index in [9.17, 15) is 18.0 Å². The summed E-state index contributed by atoms with van der Waals surface area (Å²) in [5.41, 5.74) is 2.52. The lowest BCUT2D eigenvalue weighted by molar-refractivity contribution is -0.137. The van der Waals surface area contributed by atoms with Crippen LogP contribution in [0.4, 0.5) is 13.2 Å². The smallest absolute Gasteiger partial charge is 0.386 e. The van der Waals surface area contributed by atoms with Gasteiger partial charge in [0.1, 0.15) is 5.71 Å². The molecule has 2 aliphatic heterocycles. The number of nitrogens with one attached hydrogen (secondary N) is 1. The molecule has 7 heteroatoms. The van der Waals surface area contributed by atoms with Crippen LogP contribution in [-0.4, -0.2) is 29.6 Å². The summed E-state index contributed by atoms with van der Waals surface area (Å²) in [5.74, 6) is -0.181. The van der Waals surface area contributed by atoms with E-state index in [2.05, 4.69) is 10.3 Å². The molecule has 4 rings (SSSR count). The molecular weight excluding hydrogens is 403 g/mol. The van der Waals surface area contributed by atoms with Gasteiger partial charge in [0.25, 0.3) is 5.91 Å². The largest absolute Gasteiger partial charge is 0.416 e.